The van der Waals surface area contributed by atoms with Crippen molar-refractivity contribution < 1.29 is 9.59 Å². The highest BCUT2D eigenvalue weighted by Gasteiger charge is 2.20. The maximum absolute atomic E-state index is 12.8. The van der Waals surface area contributed by atoms with E-state index in [0.717, 1.165) is 37.2 Å². The van der Waals surface area contributed by atoms with Gasteiger partial charge in [0.15, 0.2) is 0 Å². The van der Waals surface area contributed by atoms with Gasteiger partial charge in [0.25, 0.3) is 11.8 Å². The van der Waals surface area contributed by atoms with Gasteiger partial charge >= 0.3 is 0 Å². The Labute approximate surface area is 167 Å². The number of benzene rings is 2. The summed E-state index contributed by atoms with van der Waals surface area (Å²) in [6.45, 7) is 8.66. The molecule has 0 atom stereocenters. The van der Waals surface area contributed by atoms with Gasteiger partial charge in [-0.2, -0.15) is 0 Å². The molecule has 5 heteroatoms. The predicted octanol–water partition coefficient (Wildman–Crippen LogP) is 4.23. The van der Waals surface area contributed by atoms with Gasteiger partial charge in [-0.3, -0.25) is 9.59 Å². The largest absolute Gasteiger partial charge is 0.371 e. The van der Waals surface area contributed by atoms with E-state index in [1.165, 1.54) is 0 Å². The van der Waals surface area contributed by atoms with E-state index in [0.29, 0.717) is 29.3 Å². The number of anilines is 2. The summed E-state index contributed by atoms with van der Waals surface area (Å²) < 4.78 is 0. The first-order valence-electron chi connectivity index (χ1n) is 9.99. The SMILES string of the molecule is Cc1ccc(C(=O)Nc2ccc(N3CCCC3)c(C(=O)NCC(C)C)c2)cc1. The zero-order chi connectivity index (χ0) is 20.1. The van der Waals surface area contributed by atoms with Crippen molar-refractivity contribution in [3.8, 4) is 0 Å². The fourth-order valence-electron chi connectivity index (χ4n) is 3.33. The highest BCUT2D eigenvalue weighted by atomic mass is 16.2. The first-order valence-corrected chi connectivity index (χ1v) is 9.99. The van der Waals surface area contributed by atoms with Crippen molar-refractivity contribution in [1.82, 2.24) is 5.32 Å². The summed E-state index contributed by atoms with van der Waals surface area (Å²) >= 11 is 0. The highest BCUT2D eigenvalue weighted by molar-refractivity contribution is 6.06. The molecule has 1 aliphatic rings. The van der Waals surface area contributed by atoms with Gasteiger partial charge in [0.05, 0.1) is 5.56 Å². The van der Waals surface area contributed by atoms with Crippen LogP contribution in [-0.2, 0) is 0 Å². The second-order valence-corrected chi connectivity index (χ2v) is 7.85. The van der Waals surface area contributed by atoms with E-state index in [1.54, 1.807) is 18.2 Å². The van der Waals surface area contributed by atoms with Crippen molar-refractivity contribution in [2.45, 2.75) is 33.6 Å². The molecule has 0 aliphatic carbocycles. The van der Waals surface area contributed by atoms with Crippen molar-refractivity contribution >= 4 is 23.2 Å². The Bertz CT molecular complexity index is 837. The normalized spacial score (nSPS) is 13.6. The quantitative estimate of drug-likeness (QED) is 0.789. The van der Waals surface area contributed by atoms with Crippen LogP contribution in [0.15, 0.2) is 42.5 Å². The van der Waals surface area contributed by atoms with Crippen molar-refractivity contribution in [3.05, 3.63) is 59.2 Å². The van der Waals surface area contributed by atoms with E-state index in [1.807, 2.05) is 31.2 Å². The minimum atomic E-state index is -0.178. The van der Waals surface area contributed by atoms with Crippen LogP contribution in [0.25, 0.3) is 0 Å². The fraction of sp³-hybridized carbons (Fsp3) is 0.391. The van der Waals surface area contributed by atoms with Crippen LogP contribution in [0.3, 0.4) is 0 Å². The molecule has 1 heterocycles. The number of hydrogen-bond acceptors (Lipinski definition) is 3. The Balaban J connectivity index is 1.83. The van der Waals surface area contributed by atoms with Crippen LogP contribution < -0.4 is 15.5 Å². The topological polar surface area (TPSA) is 61.4 Å². The van der Waals surface area contributed by atoms with Gasteiger partial charge in [-0.05, 0) is 56.0 Å². The number of nitrogens with one attached hydrogen (secondary N) is 2. The molecule has 2 aromatic carbocycles. The molecule has 0 saturated carbocycles. The third kappa shape index (κ3) is 4.91. The van der Waals surface area contributed by atoms with Gasteiger partial charge in [0.2, 0.25) is 0 Å². The molecule has 148 valence electrons. The lowest BCUT2D eigenvalue weighted by atomic mass is 10.1. The Hall–Kier alpha value is -2.82. The van der Waals surface area contributed by atoms with E-state index in [2.05, 4.69) is 29.4 Å². The molecule has 2 N–H and O–H groups in total. The van der Waals surface area contributed by atoms with Gasteiger partial charge in [-0.1, -0.05) is 31.5 Å². The van der Waals surface area contributed by atoms with E-state index < -0.39 is 0 Å². The lowest BCUT2D eigenvalue weighted by Gasteiger charge is -2.22. The molecule has 2 amide bonds. The lowest BCUT2D eigenvalue weighted by molar-refractivity contribution is 0.0948. The third-order valence-electron chi connectivity index (χ3n) is 4.93. The van der Waals surface area contributed by atoms with Crippen LogP contribution in [0.4, 0.5) is 11.4 Å². The number of carbonyl (C=O) groups is 2. The molecule has 1 saturated heterocycles. The smallest absolute Gasteiger partial charge is 0.255 e. The van der Waals surface area contributed by atoms with Crippen LogP contribution in [0.1, 0.15) is 53.0 Å². The molecule has 1 aliphatic heterocycles. The molecule has 0 bridgehead atoms. The maximum Gasteiger partial charge on any atom is 0.255 e. The van der Waals surface area contributed by atoms with Crippen molar-refractivity contribution in [2.24, 2.45) is 5.92 Å². The van der Waals surface area contributed by atoms with Crippen LogP contribution in [0.2, 0.25) is 0 Å². The van der Waals surface area contributed by atoms with Crippen LogP contribution in [-0.4, -0.2) is 31.4 Å². The molecule has 2 aromatic rings. The zero-order valence-electron chi connectivity index (χ0n) is 16.9. The summed E-state index contributed by atoms with van der Waals surface area (Å²) in [4.78, 5) is 27.6. The van der Waals surface area contributed by atoms with E-state index in [4.69, 9.17) is 0 Å². The van der Waals surface area contributed by atoms with Gasteiger partial charge in [0, 0.05) is 36.6 Å². The molecule has 0 unspecified atom stereocenters. The molecule has 0 radical (unpaired) electrons. The van der Waals surface area contributed by atoms with Crippen LogP contribution >= 0.6 is 0 Å². The second-order valence-electron chi connectivity index (χ2n) is 7.85. The summed E-state index contributed by atoms with van der Waals surface area (Å²) in [5.41, 5.74) is 3.88. The number of nitrogens with zero attached hydrogens (tertiary/aromatic N) is 1. The van der Waals surface area contributed by atoms with Crippen LogP contribution in [0, 0.1) is 12.8 Å². The molecule has 1 fully saturated rings. The molecular weight excluding hydrogens is 350 g/mol. The van der Waals surface area contributed by atoms with Crippen molar-refractivity contribution in [3.63, 3.8) is 0 Å². The molecule has 3 rings (SSSR count). The first-order chi connectivity index (χ1) is 13.4. The summed E-state index contributed by atoms with van der Waals surface area (Å²) in [6, 6.07) is 13.0. The number of hydrogen-bond donors (Lipinski definition) is 2. The second kappa shape index (κ2) is 8.91. The first kappa shape index (κ1) is 19.9. The Morgan fingerprint density at radius 3 is 2.32 bits per heavy atom. The summed E-state index contributed by atoms with van der Waals surface area (Å²) in [5, 5.41) is 5.92. The van der Waals surface area contributed by atoms with Gasteiger partial charge in [-0.15, -0.1) is 0 Å². The van der Waals surface area contributed by atoms with Gasteiger partial charge in [0.1, 0.15) is 0 Å². The summed E-state index contributed by atoms with van der Waals surface area (Å²) in [6.07, 6.45) is 2.28. The summed E-state index contributed by atoms with van der Waals surface area (Å²) in [5.74, 6) is 0.105. The molecule has 0 spiro atoms. The number of aryl methyl sites for hydroxylation is 1. The van der Waals surface area contributed by atoms with Crippen molar-refractivity contribution in [2.75, 3.05) is 29.9 Å². The average Bonchev–Trinajstić information content (AvgIpc) is 3.21. The highest BCUT2D eigenvalue weighted by Crippen LogP contribution is 2.28. The lowest BCUT2D eigenvalue weighted by Crippen LogP contribution is -2.30. The molecule has 5 nitrogen and oxygen atoms in total. The van der Waals surface area contributed by atoms with E-state index in [-0.39, 0.29) is 11.8 Å². The predicted molar refractivity (Wildman–Crippen MR) is 114 cm³/mol. The number of carbonyl (C=O) groups excluding carboxylic acids is 2. The average molecular weight is 380 g/mol. The Morgan fingerprint density at radius 2 is 1.68 bits per heavy atom. The van der Waals surface area contributed by atoms with Crippen LogP contribution in [0.5, 0.6) is 0 Å². The number of amides is 2. The van der Waals surface area contributed by atoms with Gasteiger partial charge < -0.3 is 15.5 Å². The third-order valence-corrected chi connectivity index (χ3v) is 4.93. The van der Waals surface area contributed by atoms with Gasteiger partial charge in [-0.25, -0.2) is 0 Å². The zero-order valence-corrected chi connectivity index (χ0v) is 16.9. The van der Waals surface area contributed by atoms with E-state index >= 15 is 0 Å². The number of rotatable bonds is 6. The minimum absolute atomic E-state index is 0.0953. The Morgan fingerprint density at radius 1 is 1.00 bits per heavy atom. The standard InChI is InChI=1S/C23H29N3O2/c1-16(2)15-24-23(28)20-14-19(10-11-21(20)26-12-4-5-13-26)25-22(27)18-8-6-17(3)7-9-18/h6-11,14,16H,4-5,12-13,15H2,1-3H3,(H,24,28)(H,25,27). The minimum Gasteiger partial charge on any atom is -0.371 e. The van der Waals surface area contributed by atoms with Crippen molar-refractivity contribution in [1.29, 1.82) is 0 Å². The maximum atomic E-state index is 12.8. The van der Waals surface area contributed by atoms with E-state index in [9.17, 15) is 9.59 Å². The summed E-state index contributed by atoms with van der Waals surface area (Å²) in [7, 11) is 0. The Kier molecular flexibility index (Phi) is 6.34. The molecule has 0 aromatic heterocycles. The monoisotopic (exact) mass is 379 g/mol. The molecular formula is C23H29N3O2. The molecule has 28 heavy (non-hydrogen) atoms. The fourth-order valence-corrected chi connectivity index (χ4v) is 3.33.